The third-order valence-corrected chi connectivity index (χ3v) is 7.85. The van der Waals surface area contributed by atoms with Crippen LogP contribution in [-0.2, 0) is 14.4 Å². The number of hydrogen-bond donors (Lipinski definition) is 0. The second-order valence-corrected chi connectivity index (χ2v) is 10.1. The van der Waals surface area contributed by atoms with E-state index in [2.05, 4.69) is 0 Å². The van der Waals surface area contributed by atoms with E-state index in [0.29, 0.717) is 16.4 Å². The lowest BCUT2D eigenvalue weighted by atomic mass is 9.98. The summed E-state index contributed by atoms with van der Waals surface area (Å²) in [6.07, 6.45) is -0.749. The number of amides is 3. The van der Waals surface area contributed by atoms with Crippen molar-refractivity contribution in [2.45, 2.75) is 12.0 Å². The molecule has 0 radical (unpaired) electrons. The van der Waals surface area contributed by atoms with E-state index in [0.717, 1.165) is 22.3 Å². The highest BCUT2D eigenvalue weighted by Crippen LogP contribution is 2.45. The van der Waals surface area contributed by atoms with Crippen LogP contribution in [0.2, 0.25) is 0 Å². The van der Waals surface area contributed by atoms with Gasteiger partial charge in [0.05, 0.1) is 17.7 Å². The molecule has 42 heavy (non-hydrogen) atoms. The van der Waals surface area contributed by atoms with Gasteiger partial charge in [-0.05, 0) is 40.5 Å². The number of ether oxygens (including phenoxy) is 2. The molecule has 0 spiro atoms. The van der Waals surface area contributed by atoms with Crippen LogP contribution in [0, 0.1) is 0 Å². The summed E-state index contributed by atoms with van der Waals surface area (Å²) in [5, 5.41) is 0.442. The molecular weight excluding hydrogens is 536 g/mol. The highest BCUT2D eigenvalue weighted by atomic mass is 16.7. The molecule has 0 N–H and O–H groups in total. The van der Waals surface area contributed by atoms with Crippen molar-refractivity contribution in [3.8, 4) is 16.9 Å². The van der Waals surface area contributed by atoms with Crippen molar-refractivity contribution < 1.29 is 33.5 Å². The fourth-order valence-corrected chi connectivity index (χ4v) is 5.91. The van der Waals surface area contributed by atoms with Crippen molar-refractivity contribution >= 4 is 23.9 Å². The lowest BCUT2D eigenvalue weighted by Gasteiger charge is -2.29. The van der Waals surface area contributed by atoms with Gasteiger partial charge in [0, 0.05) is 11.5 Å². The number of carbonyl (C=O) groups is 4. The number of hydroxylamine groups is 2. The number of benzene rings is 4. The van der Waals surface area contributed by atoms with Crippen LogP contribution in [0.1, 0.15) is 49.4 Å². The molecule has 0 aromatic heterocycles. The van der Waals surface area contributed by atoms with Crippen molar-refractivity contribution in [3.05, 3.63) is 125 Å². The van der Waals surface area contributed by atoms with E-state index in [4.69, 9.17) is 14.3 Å². The first-order chi connectivity index (χ1) is 20.5. The molecule has 1 unspecified atom stereocenters. The van der Waals surface area contributed by atoms with Crippen molar-refractivity contribution in [3.63, 3.8) is 0 Å². The van der Waals surface area contributed by atoms with Crippen molar-refractivity contribution in [2.75, 3.05) is 19.8 Å². The van der Waals surface area contributed by atoms with Crippen molar-refractivity contribution in [1.29, 1.82) is 0 Å². The molecular formula is C33H24N2O7. The Bertz CT molecular complexity index is 1690. The molecule has 3 aliphatic rings. The lowest BCUT2D eigenvalue weighted by Crippen LogP contribution is -2.44. The summed E-state index contributed by atoms with van der Waals surface area (Å²) in [5.74, 6) is -2.29. The molecule has 9 nitrogen and oxygen atoms in total. The zero-order valence-electron chi connectivity index (χ0n) is 22.3. The van der Waals surface area contributed by atoms with E-state index >= 15 is 0 Å². The average molecular weight is 561 g/mol. The molecule has 1 aliphatic carbocycles. The van der Waals surface area contributed by atoms with Crippen LogP contribution >= 0.6 is 0 Å². The summed E-state index contributed by atoms with van der Waals surface area (Å²) in [4.78, 5) is 59.9. The Morgan fingerprint density at radius 1 is 0.714 bits per heavy atom. The molecule has 208 valence electrons. The molecule has 3 amide bonds. The van der Waals surface area contributed by atoms with Crippen LogP contribution in [0.15, 0.2) is 97.1 Å². The Kier molecular flexibility index (Phi) is 6.19. The number of nitrogens with zero attached hydrogens (tertiary/aromatic N) is 2. The van der Waals surface area contributed by atoms with Gasteiger partial charge in [0.25, 0.3) is 11.8 Å². The first-order valence-corrected chi connectivity index (χ1v) is 13.6. The predicted octanol–water partition coefficient (Wildman–Crippen LogP) is 5.13. The lowest BCUT2D eigenvalue weighted by molar-refractivity contribution is -0.174. The Balaban J connectivity index is 1.16. The Morgan fingerprint density at radius 2 is 1.24 bits per heavy atom. The molecule has 0 saturated heterocycles. The maximum Gasteiger partial charge on any atom is 0.410 e. The van der Waals surface area contributed by atoms with Crippen LogP contribution in [0.4, 0.5) is 4.79 Å². The van der Waals surface area contributed by atoms with Gasteiger partial charge in [-0.15, -0.1) is 0 Å². The van der Waals surface area contributed by atoms with Crippen LogP contribution in [0.3, 0.4) is 0 Å². The predicted molar refractivity (Wildman–Crippen MR) is 149 cm³/mol. The van der Waals surface area contributed by atoms with Gasteiger partial charge in [-0.2, -0.15) is 0 Å². The number of hydrogen-bond acceptors (Lipinski definition) is 7. The Morgan fingerprint density at radius 3 is 1.86 bits per heavy atom. The van der Waals surface area contributed by atoms with Crippen molar-refractivity contribution in [1.82, 2.24) is 9.96 Å². The van der Waals surface area contributed by atoms with E-state index in [1.54, 1.807) is 36.4 Å². The van der Waals surface area contributed by atoms with Gasteiger partial charge < -0.3 is 14.3 Å². The summed E-state index contributed by atoms with van der Waals surface area (Å²) >= 11 is 0. The van der Waals surface area contributed by atoms with Crippen molar-refractivity contribution in [2.24, 2.45) is 0 Å². The highest BCUT2D eigenvalue weighted by molar-refractivity contribution is 6.21. The Labute approximate surface area is 240 Å². The maximum atomic E-state index is 13.7. The van der Waals surface area contributed by atoms with E-state index < -0.39 is 29.9 Å². The van der Waals surface area contributed by atoms with E-state index in [-0.39, 0.29) is 36.8 Å². The summed E-state index contributed by atoms with van der Waals surface area (Å²) < 4.78 is 11.7. The average Bonchev–Trinajstić information content (AvgIpc) is 3.36. The van der Waals surface area contributed by atoms with E-state index in [9.17, 15) is 19.2 Å². The van der Waals surface area contributed by atoms with Gasteiger partial charge in [-0.25, -0.2) is 9.59 Å². The van der Waals surface area contributed by atoms with Crippen LogP contribution in [0.5, 0.6) is 5.75 Å². The first kappa shape index (κ1) is 25.5. The fourth-order valence-electron chi connectivity index (χ4n) is 5.91. The van der Waals surface area contributed by atoms with Crippen LogP contribution < -0.4 is 4.74 Å². The van der Waals surface area contributed by atoms with Crippen LogP contribution in [-0.4, -0.2) is 53.6 Å². The summed E-state index contributed by atoms with van der Waals surface area (Å²) in [6.45, 7) is 0.150. The first-order valence-electron chi connectivity index (χ1n) is 13.6. The molecule has 2 aliphatic heterocycles. The second-order valence-electron chi connectivity index (χ2n) is 10.1. The smallest absolute Gasteiger partial charge is 0.410 e. The maximum absolute atomic E-state index is 13.7. The number of imide groups is 1. The second kappa shape index (κ2) is 10.2. The zero-order valence-corrected chi connectivity index (χ0v) is 22.3. The quantitative estimate of drug-likeness (QED) is 0.319. The molecule has 4 aromatic rings. The molecule has 0 bridgehead atoms. The molecule has 2 heterocycles. The molecule has 4 aromatic carbocycles. The summed E-state index contributed by atoms with van der Waals surface area (Å²) in [6, 6.07) is 27.6. The number of carbonyl (C=O) groups excluding carboxylic acids is 4. The van der Waals surface area contributed by atoms with Gasteiger partial charge >= 0.3 is 12.1 Å². The third kappa shape index (κ3) is 4.09. The molecule has 0 saturated carbocycles. The zero-order chi connectivity index (χ0) is 28.8. The largest absolute Gasteiger partial charge is 0.491 e. The summed E-state index contributed by atoms with van der Waals surface area (Å²) in [5.41, 5.74) is 4.91. The number of para-hydroxylation sites is 1. The number of fused-ring (bicyclic) bond motifs is 5. The number of rotatable bonds is 4. The van der Waals surface area contributed by atoms with Gasteiger partial charge in [-0.1, -0.05) is 83.9 Å². The normalized spacial score (nSPS) is 17.0. The monoisotopic (exact) mass is 560 g/mol. The minimum atomic E-state index is -1.33. The minimum Gasteiger partial charge on any atom is -0.491 e. The van der Waals surface area contributed by atoms with Gasteiger partial charge in [0.15, 0.2) is 6.04 Å². The third-order valence-electron chi connectivity index (χ3n) is 7.85. The molecule has 7 rings (SSSR count). The van der Waals surface area contributed by atoms with Gasteiger partial charge in [0.2, 0.25) is 0 Å². The Hall–Kier alpha value is -5.44. The SMILES string of the molecule is O=C(ON1C(=O)c2ccccc2C1=O)C1c2ccccc2OCCN1C(=O)OCC1c2ccccc2-c2ccccc21. The van der Waals surface area contributed by atoms with E-state index in [1.165, 1.54) is 17.0 Å². The van der Waals surface area contributed by atoms with Gasteiger partial charge in [0.1, 0.15) is 19.0 Å². The highest BCUT2D eigenvalue weighted by Gasteiger charge is 2.44. The topological polar surface area (TPSA) is 102 Å². The minimum absolute atomic E-state index is 0.00718. The van der Waals surface area contributed by atoms with E-state index in [1.807, 2.05) is 48.5 Å². The summed E-state index contributed by atoms with van der Waals surface area (Å²) in [7, 11) is 0. The standard InChI is InChI=1S/C33H24N2O7/c36-30-24-13-5-6-14-25(24)31(37)35(30)42-32(38)29-26-15-7-8-16-28(26)40-18-17-34(29)33(39)41-19-27-22-11-3-1-9-20(22)21-10-2-4-12-23(21)27/h1-16,27,29H,17-19H2. The molecule has 0 fully saturated rings. The fraction of sp³-hybridized carbons (Fsp3) is 0.152. The molecule has 1 atom stereocenters. The van der Waals surface area contributed by atoms with Gasteiger partial charge in [-0.3, -0.25) is 14.5 Å². The molecule has 9 heteroatoms. The van der Waals surface area contributed by atoms with Crippen LogP contribution in [0.25, 0.3) is 11.1 Å².